The Bertz CT molecular complexity index is 525. The van der Waals surface area contributed by atoms with Crippen LogP contribution in [0.2, 0.25) is 0 Å². The fourth-order valence-corrected chi connectivity index (χ4v) is 2.49. The lowest BCUT2D eigenvalue weighted by Crippen LogP contribution is -2.47. The Kier molecular flexibility index (Phi) is 5.79. The Hall–Kier alpha value is -1.60. The van der Waals surface area contributed by atoms with E-state index in [1.54, 1.807) is 12.1 Å². The Morgan fingerprint density at radius 2 is 1.91 bits per heavy atom. The molecule has 1 amide bonds. The third-order valence-corrected chi connectivity index (χ3v) is 4.24. The van der Waals surface area contributed by atoms with Crippen molar-refractivity contribution in [2.24, 2.45) is 5.41 Å². The van der Waals surface area contributed by atoms with Crippen LogP contribution in [0.1, 0.15) is 12.8 Å². The van der Waals surface area contributed by atoms with Crippen LogP contribution in [0.3, 0.4) is 0 Å². The van der Waals surface area contributed by atoms with Crippen LogP contribution in [0.4, 0.5) is 0 Å². The van der Waals surface area contributed by atoms with Crippen LogP contribution < -0.4 is 10.1 Å². The van der Waals surface area contributed by atoms with E-state index in [1.165, 1.54) is 0 Å². The summed E-state index contributed by atoms with van der Waals surface area (Å²) in [5, 5.41) is 12.0. The molecule has 6 nitrogen and oxygen atoms in total. The van der Waals surface area contributed by atoms with E-state index in [2.05, 4.69) is 21.2 Å². The summed E-state index contributed by atoms with van der Waals surface area (Å²) < 4.78 is 11.5. The van der Waals surface area contributed by atoms with Gasteiger partial charge in [0.05, 0.1) is 5.41 Å². The van der Waals surface area contributed by atoms with Crippen molar-refractivity contribution in [1.82, 2.24) is 5.32 Å². The maximum absolute atomic E-state index is 11.8. The van der Waals surface area contributed by atoms with Crippen molar-refractivity contribution in [1.29, 1.82) is 0 Å². The smallest absolute Gasteiger partial charge is 0.311 e. The van der Waals surface area contributed by atoms with Crippen LogP contribution in [-0.2, 0) is 14.3 Å². The van der Waals surface area contributed by atoms with E-state index in [-0.39, 0.29) is 19.1 Å². The molecular weight excluding hydrogens is 354 g/mol. The van der Waals surface area contributed by atoms with E-state index >= 15 is 0 Å². The van der Waals surface area contributed by atoms with Gasteiger partial charge >= 0.3 is 5.97 Å². The summed E-state index contributed by atoms with van der Waals surface area (Å²) in [6.45, 7) is 0.747. The second kappa shape index (κ2) is 7.60. The maximum Gasteiger partial charge on any atom is 0.311 e. The molecule has 1 aromatic rings. The number of halogens is 1. The zero-order valence-corrected chi connectivity index (χ0v) is 13.6. The number of nitrogens with one attached hydrogen (secondary N) is 1. The fraction of sp³-hybridized carbons (Fsp3) is 0.467. The number of carboxylic acids is 1. The van der Waals surface area contributed by atoms with Crippen molar-refractivity contribution in [3.8, 4) is 5.75 Å². The highest BCUT2D eigenvalue weighted by Gasteiger charge is 2.40. The van der Waals surface area contributed by atoms with Crippen molar-refractivity contribution in [3.05, 3.63) is 28.7 Å². The van der Waals surface area contributed by atoms with Gasteiger partial charge in [0.25, 0.3) is 5.91 Å². The van der Waals surface area contributed by atoms with Gasteiger partial charge in [-0.3, -0.25) is 9.59 Å². The van der Waals surface area contributed by atoms with Gasteiger partial charge in [-0.2, -0.15) is 0 Å². The number of carbonyl (C=O) groups excluding carboxylic acids is 1. The summed E-state index contributed by atoms with van der Waals surface area (Å²) in [5.74, 6) is -0.655. The zero-order valence-electron chi connectivity index (χ0n) is 12.0. The summed E-state index contributed by atoms with van der Waals surface area (Å²) in [4.78, 5) is 23.3. The molecule has 0 radical (unpaired) electrons. The summed E-state index contributed by atoms with van der Waals surface area (Å²) >= 11 is 3.31. The van der Waals surface area contributed by atoms with Crippen molar-refractivity contribution in [3.63, 3.8) is 0 Å². The second-order valence-corrected chi connectivity index (χ2v) is 6.13. The predicted octanol–water partition coefficient (Wildman–Crippen LogP) is 1.83. The van der Waals surface area contributed by atoms with E-state index < -0.39 is 11.4 Å². The molecule has 1 saturated heterocycles. The lowest BCUT2D eigenvalue weighted by molar-refractivity contribution is -0.154. The van der Waals surface area contributed by atoms with Crippen LogP contribution in [0.15, 0.2) is 28.7 Å². The highest BCUT2D eigenvalue weighted by Crippen LogP contribution is 2.30. The molecular formula is C15H18BrNO5. The molecule has 2 rings (SSSR count). The van der Waals surface area contributed by atoms with Crippen molar-refractivity contribution >= 4 is 27.8 Å². The van der Waals surface area contributed by atoms with Gasteiger partial charge in [-0.05, 0) is 37.1 Å². The summed E-state index contributed by atoms with van der Waals surface area (Å²) in [6, 6.07) is 7.12. The second-order valence-electron chi connectivity index (χ2n) is 5.22. The minimum atomic E-state index is -0.939. The van der Waals surface area contributed by atoms with Crippen LogP contribution in [0.25, 0.3) is 0 Å². The lowest BCUT2D eigenvalue weighted by Gasteiger charge is -2.33. The molecule has 0 spiro atoms. The molecule has 1 aliphatic heterocycles. The molecule has 120 valence electrons. The molecule has 0 aromatic heterocycles. The van der Waals surface area contributed by atoms with Crippen molar-refractivity contribution in [2.45, 2.75) is 12.8 Å². The van der Waals surface area contributed by atoms with Gasteiger partial charge in [-0.25, -0.2) is 0 Å². The van der Waals surface area contributed by atoms with Gasteiger partial charge in [0, 0.05) is 24.2 Å². The number of amides is 1. The van der Waals surface area contributed by atoms with Crippen LogP contribution in [0.5, 0.6) is 5.75 Å². The molecule has 2 N–H and O–H groups in total. The molecule has 1 fully saturated rings. The minimum Gasteiger partial charge on any atom is -0.484 e. The molecule has 1 aliphatic rings. The SMILES string of the molecule is O=C(COc1ccc(Br)cc1)NCC1(C(=O)O)CCOCC1. The Labute approximate surface area is 136 Å². The summed E-state index contributed by atoms with van der Waals surface area (Å²) in [7, 11) is 0. The van der Waals surface area contributed by atoms with E-state index in [1.807, 2.05) is 12.1 Å². The van der Waals surface area contributed by atoms with Crippen LogP contribution in [0, 0.1) is 5.41 Å². The first-order valence-corrected chi connectivity index (χ1v) is 7.77. The number of carbonyl (C=O) groups is 2. The predicted molar refractivity (Wildman–Crippen MR) is 82.8 cm³/mol. The molecule has 22 heavy (non-hydrogen) atoms. The molecule has 1 aromatic carbocycles. The van der Waals surface area contributed by atoms with E-state index in [9.17, 15) is 14.7 Å². The third kappa shape index (κ3) is 4.45. The fourth-order valence-electron chi connectivity index (χ4n) is 2.23. The van der Waals surface area contributed by atoms with Crippen molar-refractivity contribution in [2.75, 3.05) is 26.4 Å². The molecule has 0 atom stereocenters. The number of benzene rings is 1. The highest BCUT2D eigenvalue weighted by molar-refractivity contribution is 9.10. The first-order valence-electron chi connectivity index (χ1n) is 6.98. The normalized spacial score (nSPS) is 16.8. The molecule has 0 aliphatic carbocycles. The Morgan fingerprint density at radius 3 is 2.50 bits per heavy atom. The number of ether oxygens (including phenoxy) is 2. The van der Waals surface area contributed by atoms with Gasteiger partial charge < -0.3 is 19.9 Å². The largest absolute Gasteiger partial charge is 0.484 e. The van der Waals surface area contributed by atoms with Gasteiger partial charge in [0.2, 0.25) is 0 Å². The molecule has 1 heterocycles. The standard InChI is InChI=1S/C15H18BrNO5/c16-11-1-3-12(4-2-11)22-9-13(18)17-10-15(14(19)20)5-7-21-8-6-15/h1-4H,5-10H2,(H,17,18)(H,19,20). The number of rotatable bonds is 6. The molecule has 7 heteroatoms. The van der Waals surface area contributed by atoms with E-state index in [4.69, 9.17) is 9.47 Å². The number of hydrogen-bond donors (Lipinski definition) is 2. The molecule has 0 bridgehead atoms. The quantitative estimate of drug-likeness (QED) is 0.796. The molecule has 0 unspecified atom stereocenters. The van der Waals surface area contributed by atoms with Gasteiger partial charge in [0.15, 0.2) is 6.61 Å². The van der Waals surface area contributed by atoms with Gasteiger partial charge in [-0.15, -0.1) is 0 Å². The Morgan fingerprint density at radius 1 is 1.27 bits per heavy atom. The first kappa shape index (κ1) is 16.8. The first-order chi connectivity index (χ1) is 10.5. The number of hydrogen-bond acceptors (Lipinski definition) is 4. The van der Waals surface area contributed by atoms with Crippen LogP contribution in [-0.4, -0.2) is 43.3 Å². The average Bonchev–Trinajstić information content (AvgIpc) is 2.53. The third-order valence-electron chi connectivity index (χ3n) is 3.71. The van der Waals surface area contributed by atoms with Crippen LogP contribution >= 0.6 is 15.9 Å². The number of aliphatic carboxylic acids is 1. The number of carboxylic acid groups (broad SMARTS) is 1. The zero-order chi connectivity index (χ0) is 16.0. The lowest BCUT2D eigenvalue weighted by atomic mass is 9.80. The van der Waals surface area contributed by atoms with E-state index in [0.717, 1.165) is 4.47 Å². The topological polar surface area (TPSA) is 84.9 Å². The molecule has 0 saturated carbocycles. The minimum absolute atomic E-state index is 0.0915. The van der Waals surface area contributed by atoms with Gasteiger partial charge in [-0.1, -0.05) is 15.9 Å². The van der Waals surface area contributed by atoms with Crippen molar-refractivity contribution < 1.29 is 24.2 Å². The average molecular weight is 372 g/mol. The maximum atomic E-state index is 11.8. The highest BCUT2D eigenvalue weighted by atomic mass is 79.9. The van der Waals surface area contributed by atoms with Gasteiger partial charge in [0.1, 0.15) is 5.75 Å². The summed E-state index contributed by atoms with van der Waals surface area (Å²) in [6.07, 6.45) is 0.798. The monoisotopic (exact) mass is 371 g/mol. The Balaban J connectivity index is 1.81. The van der Waals surface area contributed by atoms with E-state index in [0.29, 0.717) is 31.8 Å². The summed E-state index contributed by atoms with van der Waals surface area (Å²) in [5.41, 5.74) is -0.939.